The maximum absolute atomic E-state index is 11.8. The van der Waals surface area contributed by atoms with Gasteiger partial charge in [-0.2, -0.15) is 0 Å². The number of aromatic amines is 1. The lowest BCUT2D eigenvalue weighted by Crippen LogP contribution is -2.16. The van der Waals surface area contributed by atoms with Crippen LogP contribution in [0.5, 0.6) is 5.75 Å². The molecule has 0 aliphatic carbocycles. The molecule has 1 N–H and O–H groups in total. The largest absolute Gasteiger partial charge is 0.497 e. The van der Waals surface area contributed by atoms with Crippen molar-refractivity contribution in [1.82, 2.24) is 9.78 Å². The number of nitrogens with zero attached hydrogens (tertiary/aromatic N) is 1. The van der Waals surface area contributed by atoms with Crippen LogP contribution in [0.1, 0.15) is 23.0 Å². The zero-order chi connectivity index (χ0) is 14.5. The van der Waals surface area contributed by atoms with Crippen molar-refractivity contribution in [1.29, 1.82) is 0 Å². The molecule has 20 heavy (non-hydrogen) atoms. The van der Waals surface area contributed by atoms with Gasteiger partial charge in [0.25, 0.3) is 5.56 Å². The Balaban J connectivity index is 2.16. The number of methoxy groups -OCH3 is 1. The second-order valence-electron chi connectivity index (χ2n) is 4.16. The predicted octanol–water partition coefficient (Wildman–Crippen LogP) is 1.41. The normalized spacial score (nSPS) is 10.3. The van der Waals surface area contributed by atoms with E-state index in [1.54, 1.807) is 14.0 Å². The van der Waals surface area contributed by atoms with Gasteiger partial charge in [0.1, 0.15) is 11.4 Å². The van der Waals surface area contributed by atoms with Gasteiger partial charge in [-0.25, -0.2) is 9.48 Å². The summed E-state index contributed by atoms with van der Waals surface area (Å²) in [7, 11) is 1.59. The molecule has 0 unspecified atom stereocenters. The number of ether oxygens (including phenoxy) is 2. The first kappa shape index (κ1) is 13.9. The Labute approximate surface area is 115 Å². The SMILES string of the molecule is CCOC(=O)c1cc(=O)n(Cc2ccc(OC)cc2)[nH]1. The molecule has 2 rings (SSSR count). The lowest BCUT2D eigenvalue weighted by molar-refractivity contribution is 0.0518. The number of esters is 1. The number of benzene rings is 1. The first-order valence-corrected chi connectivity index (χ1v) is 6.24. The molecule has 0 bridgehead atoms. The first-order valence-electron chi connectivity index (χ1n) is 6.24. The number of carbonyl (C=O) groups is 1. The molecule has 0 spiro atoms. The Hall–Kier alpha value is -2.50. The number of rotatable bonds is 5. The van der Waals surface area contributed by atoms with E-state index in [1.807, 2.05) is 24.3 Å². The van der Waals surface area contributed by atoms with Crippen LogP contribution < -0.4 is 10.3 Å². The molecule has 0 saturated carbocycles. The fourth-order valence-electron chi connectivity index (χ4n) is 1.78. The smallest absolute Gasteiger partial charge is 0.356 e. The van der Waals surface area contributed by atoms with Crippen LogP contribution in [0.3, 0.4) is 0 Å². The van der Waals surface area contributed by atoms with E-state index in [4.69, 9.17) is 9.47 Å². The number of hydrogen-bond donors (Lipinski definition) is 1. The lowest BCUT2D eigenvalue weighted by Gasteiger charge is -2.04. The van der Waals surface area contributed by atoms with Crippen molar-refractivity contribution in [3.63, 3.8) is 0 Å². The van der Waals surface area contributed by atoms with E-state index in [2.05, 4.69) is 5.10 Å². The van der Waals surface area contributed by atoms with Crippen LogP contribution in [0.25, 0.3) is 0 Å². The summed E-state index contributed by atoms with van der Waals surface area (Å²) in [5.41, 5.74) is 0.805. The first-order chi connectivity index (χ1) is 9.63. The quantitative estimate of drug-likeness (QED) is 0.838. The fourth-order valence-corrected chi connectivity index (χ4v) is 1.78. The topological polar surface area (TPSA) is 73.3 Å². The van der Waals surface area contributed by atoms with Crippen molar-refractivity contribution in [2.24, 2.45) is 0 Å². The third-order valence-corrected chi connectivity index (χ3v) is 2.78. The highest BCUT2D eigenvalue weighted by molar-refractivity contribution is 5.86. The Kier molecular flexibility index (Phi) is 4.24. The van der Waals surface area contributed by atoms with Crippen LogP contribution in [-0.2, 0) is 11.3 Å². The lowest BCUT2D eigenvalue weighted by atomic mass is 10.2. The van der Waals surface area contributed by atoms with Gasteiger partial charge in [0, 0.05) is 6.07 Å². The maximum atomic E-state index is 11.8. The van der Waals surface area contributed by atoms with Crippen LogP contribution in [0.2, 0.25) is 0 Å². The highest BCUT2D eigenvalue weighted by atomic mass is 16.5. The van der Waals surface area contributed by atoms with Crippen molar-refractivity contribution >= 4 is 5.97 Å². The summed E-state index contributed by atoms with van der Waals surface area (Å²) in [6.45, 7) is 2.33. The molecule has 0 aliphatic rings. The molecule has 2 aromatic rings. The molecule has 1 aromatic heterocycles. The van der Waals surface area contributed by atoms with Crippen molar-refractivity contribution < 1.29 is 14.3 Å². The van der Waals surface area contributed by atoms with Crippen LogP contribution in [0.15, 0.2) is 35.1 Å². The molecule has 106 valence electrons. The van der Waals surface area contributed by atoms with Gasteiger partial charge in [-0.15, -0.1) is 0 Å². The van der Waals surface area contributed by atoms with Gasteiger partial charge < -0.3 is 9.47 Å². The van der Waals surface area contributed by atoms with E-state index < -0.39 is 5.97 Å². The molecule has 0 radical (unpaired) electrons. The molecule has 0 atom stereocenters. The number of carbonyl (C=O) groups excluding carboxylic acids is 1. The average molecular weight is 276 g/mol. The minimum Gasteiger partial charge on any atom is -0.497 e. The van der Waals surface area contributed by atoms with Crippen molar-refractivity contribution in [3.8, 4) is 5.75 Å². The second kappa shape index (κ2) is 6.10. The minimum absolute atomic E-state index is 0.158. The highest BCUT2D eigenvalue weighted by Crippen LogP contribution is 2.11. The minimum atomic E-state index is -0.530. The standard InChI is InChI=1S/C14H16N2O4/c1-3-20-14(18)12-8-13(17)16(15-12)9-10-4-6-11(19-2)7-5-10/h4-8,15H,3,9H2,1-2H3. The number of hydrogen-bond acceptors (Lipinski definition) is 4. The van der Waals surface area contributed by atoms with Crippen LogP contribution >= 0.6 is 0 Å². The Bertz CT molecular complexity index is 640. The third kappa shape index (κ3) is 3.09. The number of H-pyrrole nitrogens is 1. The van der Waals surface area contributed by atoms with Crippen LogP contribution in [0, 0.1) is 0 Å². The molecule has 0 amide bonds. The number of nitrogens with one attached hydrogen (secondary N) is 1. The van der Waals surface area contributed by atoms with Crippen molar-refractivity contribution in [2.45, 2.75) is 13.5 Å². The summed E-state index contributed by atoms with van der Waals surface area (Å²) >= 11 is 0. The van der Waals surface area contributed by atoms with E-state index in [1.165, 1.54) is 10.7 Å². The molecule has 1 heterocycles. The van der Waals surface area contributed by atoms with Gasteiger partial charge in [0.05, 0.1) is 20.3 Å². The van der Waals surface area contributed by atoms with Gasteiger partial charge in [-0.3, -0.25) is 9.89 Å². The molecule has 0 fully saturated rings. The van der Waals surface area contributed by atoms with Crippen LogP contribution in [-0.4, -0.2) is 29.5 Å². The van der Waals surface area contributed by atoms with E-state index >= 15 is 0 Å². The van der Waals surface area contributed by atoms with E-state index in [9.17, 15) is 9.59 Å². The third-order valence-electron chi connectivity index (χ3n) is 2.78. The second-order valence-corrected chi connectivity index (χ2v) is 4.16. The Morgan fingerprint density at radius 3 is 2.60 bits per heavy atom. The summed E-state index contributed by atoms with van der Waals surface area (Å²) < 4.78 is 11.3. The Morgan fingerprint density at radius 1 is 1.30 bits per heavy atom. The monoisotopic (exact) mass is 276 g/mol. The molecule has 0 aliphatic heterocycles. The number of aromatic nitrogens is 2. The molecule has 1 aromatic carbocycles. The van der Waals surface area contributed by atoms with Gasteiger partial charge in [0.2, 0.25) is 0 Å². The Morgan fingerprint density at radius 2 is 2.00 bits per heavy atom. The fraction of sp³-hybridized carbons (Fsp3) is 0.286. The predicted molar refractivity (Wildman–Crippen MR) is 73.1 cm³/mol. The molecular formula is C14H16N2O4. The van der Waals surface area contributed by atoms with Gasteiger partial charge in [-0.05, 0) is 24.6 Å². The molecular weight excluding hydrogens is 260 g/mol. The van der Waals surface area contributed by atoms with E-state index in [-0.39, 0.29) is 17.9 Å². The summed E-state index contributed by atoms with van der Waals surface area (Å²) in [6, 6.07) is 8.58. The van der Waals surface area contributed by atoms with E-state index in [0.717, 1.165) is 11.3 Å². The molecule has 6 nitrogen and oxygen atoms in total. The van der Waals surface area contributed by atoms with Crippen molar-refractivity contribution in [3.05, 3.63) is 51.9 Å². The van der Waals surface area contributed by atoms with E-state index in [0.29, 0.717) is 6.54 Å². The van der Waals surface area contributed by atoms with Gasteiger partial charge >= 0.3 is 5.97 Å². The molecule has 6 heteroatoms. The molecule has 0 saturated heterocycles. The van der Waals surface area contributed by atoms with Crippen LogP contribution in [0.4, 0.5) is 0 Å². The highest BCUT2D eigenvalue weighted by Gasteiger charge is 2.12. The van der Waals surface area contributed by atoms with Crippen molar-refractivity contribution in [2.75, 3.05) is 13.7 Å². The zero-order valence-electron chi connectivity index (χ0n) is 11.4. The average Bonchev–Trinajstić information content (AvgIpc) is 2.81. The van der Waals surface area contributed by atoms with Gasteiger partial charge in [-0.1, -0.05) is 12.1 Å². The summed E-state index contributed by atoms with van der Waals surface area (Å²) in [5, 5.41) is 2.74. The summed E-state index contributed by atoms with van der Waals surface area (Å²) in [4.78, 5) is 23.3. The summed E-state index contributed by atoms with van der Waals surface area (Å²) in [6.07, 6.45) is 0. The summed E-state index contributed by atoms with van der Waals surface area (Å²) in [5.74, 6) is 0.220. The van der Waals surface area contributed by atoms with Gasteiger partial charge in [0.15, 0.2) is 0 Å². The maximum Gasteiger partial charge on any atom is 0.356 e. The zero-order valence-corrected chi connectivity index (χ0v) is 11.4.